The highest BCUT2D eigenvalue weighted by atomic mass is 16.5. The molecular weight excluding hydrogens is 186 g/mol. The van der Waals surface area contributed by atoms with Crippen LogP contribution in [0.4, 0.5) is 0 Å². The van der Waals surface area contributed by atoms with Gasteiger partial charge < -0.3 is 10.5 Å². The van der Waals surface area contributed by atoms with Gasteiger partial charge in [-0.1, -0.05) is 13.8 Å². The average molecular weight is 211 g/mol. The van der Waals surface area contributed by atoms with Crippen LogP contribution in [0.2, 0.25) is 0 Å². The molecule has 2 nitrogen and oxygen atoms in total. The lowest BCUT2D eigenvalue weighted by molar-refractivity contribution is 0.101. The van der Waals surface area contributed by atoms with E-state index >= 15 is 0 Å². The molecule has 0 radical (unpaired) electrons. The first-order valence-electron chi connectivity index (χ1n) is 6.47. The largest absolute Gasteiger partial charge is 0.378 e. The Morgan fingerprint density at radius 2 is 2.20 bits per heavy atom. The Bertz CT molecular complexity index is 209. The predicted octanol–water partition coefficient (Wildman–Crippen LogP) is 2.71. The number of ether oxygens (including phenoxy) is 1. The third-order valence-electron chi connectivity index (χ3n) is 4.19. The fraction of sp³-hybridized carbons (Fsp3) is 1.00. The molecule has 88 valence electrons. The monoisotopic (exact) mass is 211 g/mol. The van der Waals surface area contributed by atoms with Gasteiger partial charge >= 0.3 is 0 Å². The van der Waals surface area contributed by atoms with Crippen LogP contribution in [-0.2, 0) is 4.74 Å². The highest BCUT2D eigenvalue weighted by Gasteiger charge is 2.48. The van der Waals surface area contributed by atoms with E-state index < -0.39 is 0 Å². The van der Waals surface area contributed by atoms with Gasteiger partial charge in [-0.3, -0.25) is 0 Å². The van der Waals surface area contributed by atoms with Crippen LogP contribution >= 0.6 is 0 Å². The van der Waals surface area contributed by atoms with Gasteiger partial charge in [-0.15, -0.1) is 0 Å². The molecule has 3 unspecified atom stereocenters. The summed E-state index contributed by atoms with van der Waals surface area (Å²) in [5.41, 5.74) is 6.73. The molecule has 1 heterocycles. The van der Waals surface area contributed by atoms with E-state index in [1.807, 2.05) is 0 Å². The predicted molar refractivity (Wildman–Crippen MR) is 62.7 cm³/mol. The molecule has 1 aliphatic carbocycles. The second-order valence-electron chi connectivity index (χ2n) is 6.03. The van der Waals surface area contributed by atoms with Crippen molar-refractivity contribution in [1.29, 1.82) is 0 Å². The topological polar surface area (TPSA) is 35.2 Å². The van der Waals surface area contributed by atoms with Gasteiger partial charge in [0, 0.05) is 12.6 Å². The molecule has 0 aromatic carbocycles. The highest BCUT2D eigenvalue weighted by molar-refractivity contribution is 5.00. The molecule has 3 atom stereocenters. The number of hydrogen-bond acceptors (Lipinski definition) is 2. The molecule has 0 spiro atoms. The van der Waals surface area contributed by atoms with Gasteiger partial charge in [0.25, 0.3) is 0 Å². The summed E-state index contributed by atoms with van der Waals surface area (Å²) in [6.45, 7) is 5.64. The number of rotatable bonds is 5. The lowest BCUT2D eigenvalue weighted by Crippen LogP contribution is -2.25. The first kappa shape index (κ1) is 11.4. The van der Waals surface area contributed by atoms with Crippen LogP contribution in [0.5, 0.6) is 0 Å². The zero-order valence-corrected chi connectivity index (χ0v) is 10.2. The van der Waals surface area contributed by atoms with Crippen LogP contribution < -0.4 is 5.73 Å². The molecule has 0 aromatic rings. The Hall–Kier alpha value is -0.0800. The molecule has 1 saturated carbocycles. The van der Waals surface area contributed by atoms with Gasteiger partial charge in [0.15, 0.2) is 0 Å². The Morgan fingerprint density at radius 3 is 2.73 bits per heavy atom. The van der Waals surface area contributed by atoms with Crippen molar-refractivity contribution in [1.82, 2.24) is 0 Å². The van der Waals surface area contributed by atoms with Gasteiger partial charge in [-0.2, -0.15) is 0 Å². The van der Waals surface area contributed by atoms with Crippen molar-refractivity contribution in [3.05, 3.63) is 0 Å². The summed E-state index contributed by atoms with van der Waals surface area (Å²) >= 11 is 0. The summed E-state index contributed by atoms with van der Waals surface area (Å²) in [7, 11) is 0. The third-order valence-corrected chi connectivity index (χ3v) is 4.19. The molecule has 1 saturated heterocycles. The minimum atomic E-state index is 0.432. The maximum absolute atomic E-state index is 6.20. The second kappa shape index (κ2) is 4.42. The first-order chi connectivity index (χ1) is 7.09. The zero-order chi connectivity index (χ0) is 10.9. The Morgan fingerprint density at radius 1 is 1.47 bits per heavy atom. The minimum absolute atomic E-state index is 0.432. The molecular formula is C13H25NO. The summed E-state index contributed by atoms with van der Waals surface area (Å²) < 4.78 is 5.61. The lowest BCUT2D eigenvalue weighted by Gasteiger charge is -2.14. The van der Waals surface area contributed by atoms with Crippen molar-refractivity contribution in [3.63, 3.8) is 0 Å². The Kier molecular flexibility index (Phi) is 3.36. The molecule has 0 bridgehead atoms. The van der Waals surface area contributed by atoms with Crippen LogP contribution in [0.1, 0.15) is 52.4 Å². The van der Waals surface area contributed by atoms with E-state index in [2.05, 4.69) is 13.8 Å². The fourth-order valence-electron chi connectivity index (χ4n) is 2.89. The van der Waals surface area contributed by atoms with Crippen molar-refractivity contribution in [2.24, 2.45) is 17.1 Å². The molecule has 2 fully saturated rings. The van der Waals surface area contributed by atoms with Crippen molar-refractivity contribution in [2.45, 2.75) is 64.5 Å². The van der Waals surface area contributed by atoms with Gasteiger partial charge in [0.05, 0.1) is 6.10 Å². The zero-order valence-electron chi connectivity index (χ0n) is 10.2. The quantitative estimate of drug-likeness (QED) is 0.759. The molecule has 1 aliphatic heterocycles. The Balaban J connectivity index is 1.57. The van der Waals surface area contributed by atoms with E-state index in [0.717, 1.165) is 12.5 Å². The maximum atomic E-state index is 6.20. The van der Waals surface area contributed by atoms with Crippen molar-refractivity contribution in [2.75, 3.05) is 6.61 Å². The van der Waals surface area contributed by atoms with Crippen molar-refractivity contribution in [3.8, 4) is 0 Å². The molecule has 2 N–H and O–H groups in total. The fourth-order valence-corrected chi connectivity index (χ4v) is 2.89. The van der Waals surface area contributed by atoms with E-state index in [4.69, 9.17) is 10.5 Å². The van der Waals surface area contributed by atoms with Crippen LogP contribution in [0.25, 0.3) is 0 Å². The van der Waals surface area contributed by atoms with Crippen LogP contribution in [0.15, 0.2) is 0 Å². The summed E-state index contributed by atoms with van der Waals surface area (Å²) in [6.07, 6.45) is 8.06. The molecule has 2 rings (SSSR count). The lowest BCUT2D eigenvalue weighted by atomic mass is 9.98. The molecule has 15 heavy (non-hydrogen) atoms. The van der Waals surface area contributed by atoms with Crippen LogP contribution in [0, 0.1) is 11.3 Å². The van der Waals surface area contributed by atoms with Crippen LogP contribution in [-0.4, -0.2) is 18.8 Å². The molecule has 0 aromatic heterocycles. The average Bonchev–Trinajstić information content (AvgIpc) is 2.65. The third kappa shape index (κ3) is 2.94. The first-order valence-corrected chi connectivity index (χ1v) is 6.47. The second-order valence-corrected chi connectivity index (χ2v) is 6.03. The van der Waals surface area contributed by atoms with Crippen molar-refractivity contribution >= 4 is 0 Å². The molecule has 2 aliphatic rings. The smallest absolute Gasteiger partial charge is 0.0576 e. The van der Waals surface area contributed by atoms with Gasteiger partial charge in [-0.25, -0.2) is 0 Å². The maximum Gasteiger partial charge on any atom is 0.0576 e. The summed E-state index contributed by atoms with van der Waals surface area (Å²) in [4.78, 5) is 0. The number of hydrogen-bond donors (Lipinski definition) is 1. The summed E-state index contributed by atoms with van der Waals surface area (Å²) in [5, 5.41) is 0. The van der Waals surface area contributed by atoms with Gasteiger partial charge in [0.1, 0.15) is 0 Å². The molecule has 2 heteroatoms. The van der Waals surface area contributed by atoms with Crippen LogP contribution in [0.3, 0.4) is 0 Å². The van der Waals surface area contributed by atoms with E-state index in [1.54, 1.807) is 0 Å². The number of nitrogens with two attached hydrogens (primary N) is 1. The van der Waals surface area contributed by atoms with E-state index in [1.165, 1.54) is 38.5 Å². The standard InChI is InChI=1S/C13H25NO/c1-13(2)9-11(13)12(14)7-3-5-10-6-4-8-15-10/h10-12H,3-9,14H2,1-2H3. The van der Waals surface area contributed by atoms with E-state index in [9.17, 15) is 0 Å². The summed E-state index contributed by atoms with van der Waals surface area (Å²) in [6, 6.07) is 0.432. The highest BCUT2D eigenvalue weighted by Crippen LogP contribution is 2.53. The minimum Gasteiger partial charge on any atom is -0.378 e. The van der Waals surface area contributed by atoms with Gasteiger partial charge in [-0.05, 0) is 49.9 Å². The normalized spacial score (nSPS) is 35.4. The Labute approximate surface area is 93.6 Å². The molecule has 0 amide bonds. The van der Waals surface area contributed by atoms with Gasteiger partial charge in [0.2, 0.25) is 0 Å². The van der Waals surface area contributed by atoms with E-state index in [-0.39, 0.29) is 0 Å². The van der Waals surface area contributed by atoms with E-state index in [0.29, 0.717) is 17.6 Å². The SMILES string of the molecule is CC1(C)CC1C(N)CCCC1CCCO1. The summed E-state index contributed by atoms with van der Waals surface area (Å²) in [5.74, 6) is 0.780. The van der Waals surface area contributed by atoms with Crippen molar-refractivity contribution < 1.29 is 4.74 Å².